The van der Waals surface area contributed by atoms with Crippen LogP contribution in [0.2, 0.25) is 0 Å². The van der Waals surface area contributed by atoms with Crippen LogP contribution < -0.4 is 0 Å². The molecule has 0 radical (unpaired) electrons. The lowest BCUT2D eigenvalue weighted by atomic mass is 10.1. The van der Waals surface area contributed by atoms with Crippen molar-refractivity contribution in [2.75, 3.05) is 38.2 Å². The van der Waals surface area contributed by atoms with E-state index in [4.69, 9.17) is 4.74 Å². The minimum absolute atomic E-state index is 0.0128. The average Bonchev–Trinajstić information content (AvgIpc) is 2.39. The van der Waals surface area contributed by atoms with Gasteiger partial charge in [0, 0.05) is 13.1 Å². The Morgan fingerprint density at radius 2 is 1.76 bits per heavy atom. The molecule has 0 aromatic rings. The first-order valence-electron chi connectivity index (χ1n) is 6.93. The van der Waals surface area contributed by atoms with Crippen LogP contribution in [0, 0.1) is 5.92 Å². The number of esters is 2. The van der Waals surface area contributed by atoms with Crippen LogP contribution in [-0.2, 0) is 28.9 Å². The topological polar surface area (TPSA) is 90.0 Å². The molecule has 0 spiro atoms. The lowest BCUT2D eigenvalue weighted by Crippen LogP contribution is -2.44. The van der Waals surface area contributed by atoms with Crippen LogP contribution in [0.4, 0.5) is 0 Å². The molecule has 1 rings (SSSR count). The van der Waals surface area contributed by atoms with Gasteiger partial charge in [0.05, 0.1) is 25.2 Å². The standard InChI is InChI=1S/C13H23NO6S/c1-10(2)8-11(13(16)19-3)20-12(15)9-14-4-6-21(17,18)7-5-14/h10-11H,4-9H2,1-3H3/t11-/m0/s1. The summed E-state index contributed by atoms with van der Waals surface area (Å²) in [4.78, 5) is 25.1. The van der Waals surface area contributed by atoms with E-state index in [0.717, 1.165) is 0 Å². The van der Waals surface area contributed by atoms with Gasteiger partial charge in [0.15, 0.2) is 15.9 Å². The number of rotatable bonds is 6. The first kappa shape index (κ1) is 17.9. The second-order valence-electron chi connectivity index (χ2n) is 5.56. The molecule has 1 aliphatic rings. The number of carbonyl (C=O) groups excluding carboxylic acids is 2. The van der Waals surface area contributed by atoms with E-state index in [2.05, 4.69) is 4.74 Å². The zero-order chi connectivity index (χ0) is 16.0. The molecule has 0 saturated carbocycles. The third-order valence-electron chi connectivity index (χ3n) is 3.21. The molecule has 1 fully saturated rings. The van der Waals surface area contributed by atoms with E-state index in [9.17, 15) is 18.0 Å². The van der Waals surface area contributed by atoms with Gasteiger partial charge < -0.3 is 9.47 Å². The Hall–Kier alpha value is -1.15. The van der Waals surface area contributed by atoms with Gasteiger partial charge in [-0.05, 0) is 12.3 Å². The van der Waals surface area contributed by atoms with E-state index < -0.39 is 27.9 Å². The Morgan fingerprint density at radius 1 is 1.19 bits per heavy atom. The quantitative estimate of drug-likeness (QED) is 0.628. The Kier molecular flexibility index (Phi) is 6.60. The molecule has 0 N–H and O–H groups in total. The smallest absolute Gasteiger partial charge is 0.347 e. The predicted molar refractivity (Wildman–Crippen MR) is 76.4 cm³/mol. The van der Waals surface area contributed by atoms with Gasteiger partial charge in [0.1, 0.15) is 0 Å². The lowest BCUT2D eigenvalue weighted by Gasteiger charge is -2.26. The van der Waals surface area contributed by atoms with Crippen LogP contribution in [-0.4, -0.2) is 69.6 Å². The molecule has 21 heavy (non-hydrogen) atoms. The molecule has 1 saturated heterocycles. The van der Waals surface area contributed by atoms with Gasteiger partial charge >= 0.3 is 11.9 Å². The Bertz CT molecular complexity index is 459. The molecular weight excluding hydrogens is 298 g/mol. The van der Waals surface area contributed by atoms with Crippen LogP contribution in [0.3, 0.4) is 0 Å². The summed E-state index contributed by atoms with van der Waals surface area (Å²) >= 11 is 0. The summed E-state index contributed by atoms with van der Waals surface area (Å²) in [5.74, 6) is -0.829. The number of hydrogen-bond donors (Lipinski definition) is 0. The van der Waals surface area contributed by atoms with Crippen LogP contribution in [0.5, 0.6) is 0 Å². The van der Waals surface area contributed by atoms with Crippen LogP contribution >= 0.6 is 0 Å². The number of sulfone groups is 1. The Balaban J connectivity index is 2.48. The first-order chi connectivity index (χ1) is 9.73. The van der Waals surface area contributed by atoms with Crippen molar-refractivity contribution in [1.82, 2.24) is 4.90 Å². The van der Waals surface area contributed by atoms with Crippen LogP contribution in [0.15, 0.2) is 0 Å². The second-order valence-corrected chi connectivity index (χ2v) is 7.86. The summed E-state index contributed by atoms with van der Waals surface area (Å²) in [7, 11) is -1.73. The lowest BCUT2D eigenvalue weighted by molar-refractivity contribution is -0.167. The van der Waals surface area contributed by atoms with E-state index in [1.54, 1.807) is 4.90 Å². The summed E-state index contributed by atoms with van der Waals surface area (Å²) in [6, 6.07) is 0. The van der Waals surface area contributed by atoms with Crippen molar-refractivity contribution in [3.05, 3.63) is 0 Å². The highest BCUT2D eigenvalue weighted by atomic mass is 32.2. The summed E-state index contributed by atoms with van der Waals surface area (Å²) < 4.78 is 32.4. The molecule has 0 bridgehead atoms. The minimum atomic E-state index is -2.98. The van der Waals surface area contributed by atoms with Gasteiger partial charge in [-0.3, -0.25) is 9.69 Å². The van der Waals surface area contributed by atoms with Crippen molar-refractivity contribution >= 4 is 21.8 Å². The summed E-state index contributed by atoms with van der Waals surface area (Å²) in [5, 5.41) is 0. The number of nitrogens with zero attached hydrogens (tertiary/aromatic N) is 1. The SMILES string of the molecule is COC(=O)[C@H](CC(C)C)OC(=O)CN1CCS(=O)(=O)CC1. The largest absolute Gasteiger partial charge is 0.466 e. The maximum atomic E-state index is 11.9. The summed E-state index contributed by atoms with van der Waals surface area (Å²) in [6.45, 7) is 4.44. The van der Waals surface area contributed by atoms with Crippen molar-refractivity contribution in [3.8, 4) is 0 Å². The summed E-state index contributed by atoms with van der Waals surface area (Å²) in [6.07, 6.45) is -0.511. The highest BCUT2D eigenvalue weighted by Gasteiger charge is 2.27. The van der Waals surface area contributed by atoms with E-state index in [-0.39, 0.29) is 24.0 Å². The zero-order valence-electron chi connectivity index (χ0n) is 12.7. The Labute approximate surface area is 125 Å². The minimum Gasteiger partial charge on any atom is -0.466 e. The third-order valence-corrected chi connectivity index (χ3v) is 4.82. The van der Waals surface area contributed by atoms with Gasteiger partial charge in [-0.15, -0.1) is 0 Å². The van der Waals surface area contributed by atoms with E-state index in [1.165, 1.54) is 7.11 Å². The molecule has 0 unspecified atom stereocenters. The predicted octanol–water partition coefficient (Wildman–Crippen LogP) is -0.152. The van der Waals surface area contributed by atoms with E-state index in [1.807, 2.05) is 13.8 Å². The van der Waals surface area contributed by atoms with Gasteiger partial charge in [0.2, 0.25) is 0 Å². The maximum absolute atomic E-state index is 11.9. The highest BCUT2D eigenvalue weighted by Crippen LogP contribution is 2.11. The van der Waals surface area contributed by atoms with Gasteiger partial charge in [-0.2, -0.15) is 0 Å². The van der Waals surface area contributed by atoms with Gasteiger partial charge in [-0.25, -0.2) is 13.2 Å². The number of ether oxygens (including phenoxy) is 2. The zero-order valence-corrected chi connectivity index (χ0v) is 13.5. The second kappa shape index (κ2) is 7.74. The van der Waals surface area contributed by atoms with Crippen molar-refractivity contribution < 1.29 is 27.5 Å². The fourth-order valence-corrected chi connectivity index (χ4v) is 3.32. The van der Waals surface area contributed by atoms with E-state index in [0.29, 0.717) is 19.5 Å². The number of carbonyl (C=O) groups is 2. The Morgan fingerprint density at radius 3 is 2.24 bits per heavy atom. The van der Waals surface area contributed by atoms with Crippen molar-refractivity contribution in [2.24, 2.45) is 5.92 Å². The molecule has 0 amide bonds. The van der Waals surface area contributed by atoms with Gasteiger partial charge in [-0.1, -0.05) is 13.8 Å². The van der Waals surface area contributed by atoms with Crippen LogP contribution in [0.1, 0.15) is 20.3 Å². The first-order valence-corrected chi connectivity index (χ1v) is 8.75. The highest BCUT2D eigenvalue weighted by molar-refractivity contribution is 7.91. The molecule has 1 heterocycles. The molecule has 8 heteroatoms. The molecule has 0 aromatic carbocycles. The fourth-order valence-electron chi connectivity index (χ4n) is 2.04. The molecule has 122 valence electrons. The molecule has 7 nitrogen and oxygen atoms in total. The molecule has 1 atom stereocenters. The number of hydrogen-bond acceptors (Lipinski definition) is 7. The normalized spacial score (nSPS) is 20.0. The average molecular weight is 321 g/mol. The fraction of sp³-hybridized carbons (Fsp3) is 0.846. The molecule has 1 aliphatic heterocycles. The number of methoxy groups -OCH3 is 1. The van der Waals surface area contributed by atoms with Crippen molar-refractivity contribution in [1.29, 1.82) is 0 Å². The van der Waals surface area contributed by atoms with Gasteiger partial charge in [0.25, 0.3) is 0 Å². The third kappa shape index (κ3) is 6.43. The van der Waals surface area contributed by atoms with Crippen molar-refractivity contribution in [3.63, 3.8) is 0 Å². The molecule has 0 aliphatic carbocycles. The molecule has 0 aromatic heterocycles. The van der Waals surface area contributed by atoms with E-state index >= 15 is 0 Å². The monoisotopic (exact) mass is 321 g/mol. The van der Waals surface area contributed by atoms with Crippen LogP contribution in [0.25, 0.3) is 0 Å². The molecular formula is C13H23NO6S. The summed E-state index contributed by atoms with van der Waals surface area (Å²) in [5.41, 5.74) is 0. The maximum Gasteiger partial charge on any atom is 0.347 e. The van der Waals surface area contributed by atoms with Crippen molar-refractivity contribution in [2.45, 2.75) is 26.4 Å².